The lowest BCUT2D eigenvalue weighted by molar-refractivity contribution is -0.118. The second kappa shape index (κ2) is 12.2. The first-order valence-corrected chi connectivity index (χ1v) is 13.9. The van der Waals surface area contributed by atoms with Crippen molar-refractivity contribution >= 4 is 46.4 Å². The Morgan fingerprint density at radius 2 is 1.63 bits per heavy atom. The molecule has 8 heteroatoms. The van der Waals surface area contributed by atoms with Gasteiger partial charge in [0.2, 0.25) is 5.91 Å². The predicted octanol–water partition coefficient (Wildman–Crippen LogP) is 6.09. The molecule has 1 fully saturated rings. The van der Waals surface area contributed by atoms with E-state index in [1.165, 1.54) is 4.90 Å². The minimum absolute atomic E-state index is 0.179. The van der Waals surface area contributed by atoms with Gasteiger partial charge in [0, 0.05) is 44.2 Å². The summed E-state index contributed by atoms with van der Waals surface area (Å²) in [5.41, 5.74) is 3.12. The molecule has 2 aliphatic rings. The molecule has 38 heavy (non-hydrogen) atoms. The summed E-state index contributed by atoms with van der Waals surface area (Å²) in [6, 6.07) is 20.4. The number of ether oxygens (including phenoxy) is 1. The molecule has 3 aromatic carbocycles. The van der Waals surface area contributed by atoms with Crippen LogP contribution in [0.3, 0.4) is 0 Å². The predicted molar refractivity (Wildman–Crippen MR) is 153 cm³/mol. The van der Waals surface area contributed by atoms with Crippen LogP contribution >= 0.6 is 23.2 Å². The molecule has 0 unspecified atom stereocenters. The van der Waals surface area contributed by atoms with Crippen molar-refractivity contribution in [3.8, 4) is 5.75 Å². The number of nitrogens with zero attached hydrogens (tertiary/aromatic N) is 3. The van der Waals surface area contributed by atoms with Crippen molar-refractivity contribution in [3.63, 3.8) is 0 Å². The molecule has 0 saturated carbocycles. The van der Waals surface area contributed by atoms with Gasteiger partial charge < -0.3 is 9.64 Å². The SMILES string of the molecule is O=C1CCc2ccc(OCCCCN3CCN(c4cccc(Cl)c4Cl)CC3)cc2N1C(=O)c1ccccc1. The van der Waals surface area contributed by atoms with Gasteiger partial charge in [-0.1, -0.05) is 53.5 Å². The lowest BCUT2D eigenvalue weighted by Gasteiger charge is -2.36. The van der Waals surface area contributed by atoms with Crippen LogP contribution in [0.25, 0.3) is 0 Å². The Hall–Kier alpha value is -3.06. The minimum atomic E-state index is -0.300. The third-order valence-corrected chi connectivity index (χ3v) is 7.97. The molecule has 0 aliphatic carbocycles. The fraction of sp³-hybridized carbons (Fsp3) is 0.333. The third kappa shape index (κ3) is 5.98. The fourth-order valence-corrected chi connectivity index (χ4v) is 5.46. The number of hydrogen-bond donors (Lipinski definition) is 0. The number of piperazine rings is 1. The first-order valence-electron chi connectivity index (χ1n) is 13.1. The largest absolute Gasteiger partial charge is 0.494 e. The molecule has 0 aromatic heterocycles. The topological polar surface area (TPSA) is 53.1 Å². The molecule has 0 radical (unpaired) electrons. The zero-order valence-corrected chi connectivity index (χ0v) is 22.8. The van der Waals surface area contributed by atoms with E-state index >= 15 is 0 Å². The highest BCUT2D eigenvalue weighted by molar-refractivity contribution is 6.43. The molecule has 5 rings (SSSR count). The van der Waals surface area contributed by atoms with E-state index in [0.29, 0.717) is 46.5 Å². The molecule has 6 nitrogen and oxygen atoms in total. The van der Waals surface area contributed by atoms with Gasteiger partial charge in [0.25, 0.3) is 5.91 Å². The van der Waals surface area contributed by atoms with Crippen LogP contribution in [0.2, 0.25) is 10.0 Å². The molecule has 3 aromatic rings. The summed E-state index contributed by atoms with van der Waals surface area (Å²) in [4.78, 5) is 31.9. The lowest BCUT2D eigenvalue weighted by Crippen LogP contribution is -2.46. The van der Waals surface area contributed by atoms with E-state index in [0.717, 1.165) is 56.8 Å². The monoisotopic (exact) mass is 551 g/mol. The average molecular weight is 553 g/mol. The highest BCUT2D eigenvalue weighted by Gasteiger charge is 2.30. The number of fused-ring (bicyclic) bond motifs is 1. The first kappa shape index (κ1) is 26.5. The number of imide groups is 1. The number of aryl methyl sites for hydroxylation is 1. The molecule has 1 saturated heterocycles. The summed E-state index contributed by atoms with van der Waals surface area (Å²) in [6.07, 6.45) is 2.90. The molecule has 0 N–H and O–H groups in total. The summed E-state index contributed by atoms with van der Waals surface area (Å²) in [5.74, 6) is 0.198. The number of rotatable bonds is 8. The van der Waals surface area contributed by atoms with Crippen LogP contribution in [0.15, 0.2) is 66.7 Å². The van der Waals surface area contributed by atoms with Crippen LogP contribution in [0.5, 0.6) is 5.75 Å². The fourth-order valence-electron chi connectivity index (χ4n) is 5.05. The van der Waals surface area contributed by atoms with Crippen molar-refractivity contribution in [3.05, 3.63) is 87.9 Å². The van der Waals surface area contributed by atoms with Crippen molar-refractivity contribution in [2.45, 2.75) is 25.7 Å². The van der Waals surface area contributed by atoms with Gasteiger partial charge in [-0.15, -0.1) is 0 Å². The van der Waals surface area contributed by atoms with E-state index in [-0.39, 0.29) is 11.8 Å². The van der Waals surface area contributed by atoms with Crippen LogP contribution in [0, 0.1) is 0 Å². The Morgan fingerprint density at radius 3 is 2.42 bits per heavy atom. The van der Waals surface area contributed by atoms with Gasteiger partial charge in [-0.3, -0.25) is 14.5 Å². The molecular weight excluding hydrogens is 521 g/mol. The molecule has 0 spiro atoms. The summed E-state index contributed by atoms with van der Waals surface area (Å²) in [7, 11) is 0. The van der Waals surface area contributed by atoms with Gasteiger partial charge in [-0.25, -0.2) is 4.90 Å². The van der Waals surface area contributed by atoms with Crippen molar-refractivity contribution in [2.75, 3.05) is 49.1 Å². The number of hydrogen-bond acceptors (Lipinski definition) is 5. The molecule has 0 bridgehead atoms. The smallest absolute Gasteiger partial charge is 0.265 e. The lowest BCUT2D eigenvalue weighted by atomic mass is 10.00. The van der Waals surface area contributed by atoms with Crippen molar-refractivity contribution in [2.24, 2.45) is 0 Å². The maximum atomic E-state index is 13.1. The minimum Gasteiger partial charge on any atom is -0.494 e. The Kier molecular flexibility index (Phi) is 8.52. The van der Waals surface area contributed by atoms with Crippen molar-refractivity contribution in [1.29, 1.82) is 0 Å². The Morgan fingerprint density at radius 1 is 0.842 bits per heavy atom. The van der Waals surface area contributed by atoms with E-state index < -0.39 is 0 Å². The number of unbranched alkanes of at least 4 members (excludes halogenated alkanes) is 1. The Bertz CT molecular complexity index is 1290. The van der Waals surface area contributed by atoms with Crippen LogP contribution < -0.4 is 14.5 Å². The molecule has 0 atom stereocenters. The van der Waals surface area contributed by atoms with Gasteiger partial charge in [-0.2, -0.15) is 0 Å². The second-order valence-electron chi connectivity index (χ2n) is 9.65. The Balaban J connectivity index is 1.10. The molecule has 2 amide bonds. The highest BCUT2D eigenvalue weighted by Crippen LogP contribution is 2.34. The van der Waals surface area contributed by atoms with E-state index in [1.807, 2.05) is 42.5 Å². The van der Waals surface area contributed by atoms with E-state index in [1.54, 1.807) is 24.3 Å². The maximum Gasteiger partial charge on any atom is 0.265 e. The van der Waals surface area contributed by atoms with Gasteiger partial charge in [0.1, 0.15) is 5.75 Å². The van der Waals surface area contributed by atoms with E-state index in [9.17, 15) is 9.59 Å². The van der Waals surface area contributed by atoms with Crippen LogP contribution in [0.4, 0.5) is 11.4 Å². The van der Waals surface area contributed by atoms with Gasteiger partial charge >= 0.3 is 0 Å². The first-order chi connectivity index (χ1) is 18.5. The van der Waals surface area contributed by atoms with E-state index in [4.69, 9.17) is 27.9 Å². The number of benzene rings is 3. The number of amides is 2. The zero-order chi connectivity index (χ0) is 26.5. The molecule has 2 aliphatic heterocycles. The molecular formula is C30H31Cl2N3O3. The van der Waals surface area contributed by atoms with Crippen LogP contribution in [-0.4, -0.2) is 56.0 Å². The normalized spacial score (nSPS) is 15.9. The van der Waals surface area contributed by atoms with Crippen LogP contribution in [-0.2, 0) is 11.2 Å². The maximum absolute atomic E-state index is 13.1. The zero-order valence-electron chi connectivity index (χ0n) is 21.2. The number of halogens is 2. The second-order valence-corrected chi connectivity index (χ2v) is 10.4. The standard InChI is InChI=1S/C30H31Cl2N3O3/c31-25-9-6-10-26(29(25)32)34-18-16-33(17-19-34)15-4-5-20-38-24-13-11-22-12-14-28(36)35(27(22)21-24)30(37)23-7-2-1-3-8-23/h1-3,6-11,13,21H,4-5,12,14-20H2. The Labute approximate surface area is 233 Å². The average Bonchev–Trinajstić information content (AvgIpc) is 2.95. The van der Waals surface area contributed by atoms with Crippen molar-refractivity contribution < 1.29 is 14.3 Å². The van der Waals surface area contributed by atoms with E-state index in [2.05, 4.69) is 9.80 Å². The van der Waals surface area contributed by atoms with Gasteiger partial charge in [0.05, 0.1) is 28.0 Å². The van der Waals surface area contributed by atoms with Gasteiger partial charge in [-0.05, 0) is 61.7 Å². The van der Waals surface area contributed by atoms with Crippen molar-refractivity contribution in [1.82, 2.24) is 4.90 Å². The van der Waals surface area contributed by atoms with Crippen LogP contribution in [0.1, 0.15) is 35.2 Å². The third-order valence-electron chi connectivity index (χ3n) is 7.16. The highest BCUT2D eigenvalue weighted by atomic mass is 35.5. The summed E-state index contributed by atoms with van der Waals surface area (Å²) < 4.78 is 6.03. The molecule has 198 valence electrons. The summed E-state index contributed by atoms with van der Waals surface area (Å²) >= 11 is 12.6. The quantitative estimate of drug-likeness (QED) is 0.250. The number of carbonyl (C=O) groups is 2. The number of carbonyl (C=O) groups excluding carboxylic acids is 2. The van der Waals surface area contributed by atoms with Gasteiger partial charge in [0.15, 0.2) is 0 Å². The molecule has 2 heterocycles. The summed E-state index contributed by atoms with van der Waals surface area (Å²) in [5, 5.41) is 1.21. The summed E-state index contributed by atoms with van der Waals surface area (Å²) in [6.45, 7) is 5.39. The number of anilines is 2.